The number of para-hydroxylation sites is 2. The van der Waals surface area contributed by atoms with Gasteiger partial charge in [-0.15, -0.1) is 0 Å². The van der Waals surface area contributed by atoms with Crippen LogP contribution in [0.1, 0.15) is 30.6 Å². The average Bonchev–Trinajstić information content (AvgIpc) is 2.61. The van der Waals surface area contributed by atoms with Crippen molar-refractivity contribution in [2.45, 2.75) is 26.9 Å². The van der Waals surface area contributed by atoms with Crippen molar-refractivity contribution in [1.82, 2.24) is 4.98 Å². The molecule has 2 heterocycles. The number of hydrogen-bond acceptors (Lipinski definition) is 4. The fourth-order valence-corrected chi connectivity index (χ4v) is 2.24. The van der Waals surface area contributed by atoms with Crippen molar-refractivity contribution in [1.29, 1.82) is 0 Å². The fraction of sp³-hybridized carbons (Fsp3) is 0.278. The van der Waals surface area contributed by atoms with Crippen LogP contribution in [0.15, 0.2) is 42.6 Å². The zero-order valence-corrected chi connectivity index (χ0v) is 14.4. The molecular weight excluding hydrogens is 344 g/mol. The summed E-state index contributed by atoms with van der Waals surface area (Å²) in [5, 5.41) is 2.68. The number of alkyl halides is 2. The maximum atomic E-state index is 12.6. The standard InChI is InChI=1S/C15H11F2N3O3.C3H8/c16-15(17)23-13-6-5-9(7-18-13)14(22)20-8-12(21)19-10-3-1-2-4-11(10)20;1-3-2/h1-7,15H,8H2,(H,19,21);3H2,1-2H3. The Bertz CT molecular complexity index is 767. The zero-order chi connectivity index (χ0) is 19.1. The maximum Gasteiger partial charge on any atom is 0.388 e. The SMILES string of the molecule is CCC.O=C1CN(C(=O)c2ccc(OC(F)F)nc2)c2ccccc2N1. The van der Waals surface area contributed by atoms with E-state index in [2.05, 4.69) is 28.9 Å². The number of aromatic nitrogens is 1. The molecule has 1 aliphatic rings. The topological polar surface area (TPSA) is 71.5 Å². The third kappa shape index (κ3) is 4.75. The molecule has 0 unspecified atom stereocenters. The Morgan fingerprint density at radius 1 is 1.27 bits per heavy atom. The zero-order valence-electron chi connectivity index (χ0n) is 14.4. The van der Waals surface area contributed by atoms with E-state index in [1.807, 2.05) is 0 Å². The van der Waals surface area contributed by atoms with Crippen LogP contribution in [-0.4, -0.2) is 30.0 Å². The van der Waals surface area contributed by atoms with Gasteiger partial charge in [0.2, 0.25) is 11.8 Å². The summed E-state index contributed by atoms with van der Waals surface area (Å²) >= 11 is 0. The van der Waals surface area contributed by atoms with Gasteiger partial charge >= 0.3 is 6.61 Å². The number of pyridine rings is 1. The van der Waals surface area contributed by atoms with Crippen LogP contribution < -0.4 is 15.0 Å². The van der Waals surface area contributed by atoms with E-state index in [9.17, 15) is 18.4 Å². The van der Waals surface area contributed by atoms with E-state index in [1.54, 1.807) is 24.3 Å². The Morgan fingerprint density at radius 3 is 2.58 bits per heavy atom. The fourth-order valence-electron chi connectivity index (χ4n) is 2.24. The molecule has 0 atom stereocenters. The second-order valence-electron chi connectivity index (χ2n) is 5.43. The molecule has 0 radical (unpaired) electrons. The van der Waals surface area contributed by atoms with Crippen molar-refractivity contribution in [3.63, 3.8) is 0 Å². The van der Waals surface area contributed by atoms with Crippen LogP contribution >= 0.6 is 0 Å². The summed E-state index contributed by atoms with van der Waals surface area (Å²) in [5.74, 6) is -1.06. The predicted octanol–water partition coefficient (Wildman–Crippen LogP) is 3.70. The van der Waals surface area contributed by atoms with Gasteiger partial charge in [-0.05, 0) is 18.2 Å². The quantitative estimate of drug-likeness (QED) is 0.903. The normalized spacial score (nSPS) is 12.7. The van der Waals surface area contributed by atoms with E-state index in [0.29, 0.717) is 11.4 Å². The summed E-state index contributed by atoms with van der Waals surface area (Å²) in [5.41, 5.74) is 1.25. The molecule has 1 aliphatic heterocycles. The van der Waals surface area contributed by atoms with Crippen molar-refractivity contribution in [3.8, 4) is 5.88 Å². The summed E-state index contributed by atoms with van der Waals surface area (Å²) in [4.78, 5) is 29.2. The van der Waals surface area contributed by atoms with Gasteiger partial charge in [-0.25, -0.2) is 4.98 Å². The molecule has 26 heavy (non-hydrogen) atoms. The van der Waals surface area contributed by atoms with E-state index >= 15 is 0 Å². The third-order valence-corrected chi connectivity index (χ3v) is 3.21. The van der Waals surface area contributed by atoms with Crippen molar-refractivity contribution in [2.75, 3.05) is 16.8 Å². The number of carbonyl (C=O) groups is 2. The van der Waals surface area contributed by atoms with E-state index < -0.39 is 12.5 Å². The first-order valence-corrected chi connectivity index (χ1v) is 8.07. The molecule has 2 aromatic rings. The van der Waals surface area contributed by atoms with Gasteiger partial charge in [-0.1, -0.05) is 32.4 Å². The molecule has 138 valence electrons. The summed E-state index contributed by atoms with van der Waals surface area (Å²) in [6, 6.07) is 9.37. The number of benzene rings is 1. The number of rotatable bonds is 3. The molecule has 0 bridgehead atoms. The first-order valence-electron chi connectivity index (χ1n) is 8.07. The molecule has 1 aromatic carbocycles. The number of fused-ring (bicyclic) bond motifs is 1. The van der Waals surface area contributed by atoms with Crippen molar-refractivity contribution in [2.24, 2.45) is 0 Å². The number of anilines is 2. The lowest BCUT2D eigenvalue weighted by molar-refractivity contribution is -0.115. The molecule has 6 nitrogen and oxygen atoms in total. The number of amides is 2. The largest absolute Gasteiger partial charge is 0.417 e. The van der Waals surface area contributed by atoms with Gasteiger partial charge in [0.15, 0.2) is 0 Å². The van der Waals surface area contributed by atoms with Crippen LogP contribution in [-0.2, 0) is 4.79 Å². The third-order valence-electron chi connectivity index (χ3n) is 3.21. The number of halogens is 2. The van der Waals surface area contributed by atoms with Gasteiger partial charge in [0.1, 0.15) is 6.54 Å². The number of nitrogens with zero attached hydrogens (tertiary/aromatic N) is 2. The van der Waals surface area contributed by atoms with Crippen molar-refractivity contribution >= 4 is 23.2 Å². The smallest absolute Gasteiger partial charge is 0.388 e. The van der Waals surface area contributed by atoms with E-state index in [0.717, 1.165) is 6.20 Å². The molecular formula is C18H19F2N3O3. The van der Waals surface area contributed by atoms with Crippen LogP contribution in [0.25, 0.3) is 0 Å². The van der Waals surface area contributed by atoms with Crippen LogP contribution in [0.3, 0.4) is 0 Å². The lowest BCUT2D eigenvalue weighted by Gasteiger charge is -2.29. The second kappa shape index (κ2) is 8.89. The molecule has 1 aromatic heterocycles. The van der Waals surface area contributed by atoms with Crippen LogP contribution in [0.5, 0.6) is 5.88 Å². The summed E-state index contributed by atoms with van der Waals surface area (Å²) < 4.78 is 28.3. The van der Waals surface area contributed by atoms with Gasteiger partial charge in [0.25, 0.3) is 5.91 Å². The van der Waals surface area contributed by atoms with E-state index in [1.165, 1.54) is 23.5 Å². The maximum absolute atomic E-state index is 12.6. The van der Waals surface area contributed by atoms with Crippen LogP contribution in [0.2, 0.25) is 0 Å². The first-order chi connectivity index (χ1) is 12.5. The van der Waals surface area contributed by atoms with Gasteiger partial charge < -0.3 is 10.1 Å². The van der Waals surface area contributed by atoms with E-state index in [4.69, 9.17) is 0 Å². The first kappa shape index (κ1) is 19.3. The summed E-state index contributed by atoms with van der Waals surface area (Å²) in [6.45, 7) is 1.13. The van der Waals surface area contributed by atoms with Crippen LogP contribution in [0, 0.1) is 0 Å². The minimum absolute atomic E-state index is 0.134. The van der Waals surface area contributed by atoms with Crippen molar-refractivity contribution < 1.29 is 23.1 Å². The Morgan fingerprint density at radius 2 is 1.96 bits per heavy atom. The Balaban J connectivity index is 0.000000758. The molecule has 0 saturated heterocycles. The average molecular weight is 363 g/mol. The number of hydrogen-bond donors (Lipinski definition) is 1. The summed E-state index contributed by atoms with van der Waals surface area (Å²) in [7, 11) is 0. The van der Waals surface area contributed by atoms with Crippen molar-refractivity contribution in [3.05, 3.63) is 48.2 Å². The number of ether oxygens (including phenoxy) is 1. The minimum Gasteiger partial charge on any atom is -0.417 e. The predicted molar refractivity (Wildman–Crippen MR) is 93.6 cm³/mol. The lowest BCUT2D eigenvalue weighted by Crippen LogP contribution is -2.42. The molecule has 0 saturated carbocycles. The highest BCUT2D eigenvalue weighted by Gasteiger charge is 2.27. The highest BCUT2D eigenvalue weighted by Crippen LogP contribution is 2.30. The highest BCUT2D eigenvalue weighted by atomic mass is 19.3. The Hall–Kier alpha value is -3.03. The second-order valence-corrected chi connectivity index (χ2v) is 5.43. The molecule has 2 amide bonds. The van der Waals surface area contributed by atoms with Gasteiger partial charge in [0.05, 0.1) is 16.9 Å². The molecule has 8 heteroatoms. The molecule has 0 spiro atoms. The van der Waals surface area contributed by atoms with Crippen LogP contribution in [0.4, 0.5) is 20.2 Å². The van der Waals surface area contributed by atoms with Gasteiger partial charge in [-0.2, -0.15) is 8.78 Å². The summed E-state index contributed by atoms with van der Waals surface area (Å²) in [6.07, 6.45) is 2.38. The van der Waals surface area contributed by atoms with E-state index in [-0.39, 0.29) is 23.9 Å². The molecule has 3 rings (SSSR count). The monoisotopic (exact) mass is 363 g/mol. The lowest BCUT2D eigenvalue weighted by atomic mass is 10.1. The highest BCUT2D eigenvalue weighted by molar-refractivity contribution is 6.15. The van der Waals surface area contributed by atoms with Gasteiger partial charge in [0, 0.05) is 12.3 Å². The molecule has 0 aliphatic carbocycles. The number of nitrogens with one attached hydrogen (secondary N) is 1. The molecule has 1 N–H and O–H groups in total. The Labute approximate surface area is 149 Å². The minimum atomic E-state index is -2.98. The number of carbonyl (C=O) groups excluding carboxylic acids is 2. The Kier molecular flexibility index (Phi) is 6.60. The molecule has 0 fully saturated rings. The van der Waals surface area contributed by atoms with Gasteiger partial charge in [-0.3, -0.25) is 14.5 Å².